The number of rotatable bonds is 8. The van der Waals surface area contributed by atoms with Gasteiger partial charge in [-0.2, -0.15) is 0 Å². The number of nitrogens with one attached hydrogen (secondary N) is 2. The van der Waals surface area contributed by atoms with E-state index in [0.29, 0.717) is 36.6 Å². The molecule has 3 rings (SSSR count). The highest BCUT2D eigenvalue weighted by molar-refractivity contribution is 6.10. The minimum atomic E-state index is -0.833. The first kappa shape index (κ1) is 21.0. The molecule has 1 aliphatic heterocycles. The Kier molecular flexibility index (Phi) is 6.61. The molecule has 8 nitrogen and oxygen atoms in total. The molecule has 0 bridgehead atoms. The number of hydrogen-bond acceptors (Lipinski definition) is 5. The number of ether oxygens (including phenoxy) is 2. The van der Waals surface area contributed by atoms with Gasteiger partial charge in [0.05, 0.1) is 19.4 Å². The van der Waals surface area contributed by atoms with Crippen LogP contribution in [0.4, 0.5) is 10.5 Å². The van der Waals surface area contributed by atoms with Crippen LogP contribution in [0.3, 0.4) is 0 Å². The largest absolute Gasteiger partial charge is 0.497 e. The fourth-order valence-corrected chi connectivity index (χ4v) is 3.83. The molecule has 158 valence electrons. The van der Waals surface area contributed by atoms with E-state index >= 15 is 0 Å². The second kappa shape index (κ2) is 9.15. The van der Waals surface area contributed by atoms with Crippen molar-refractivity contribution in [2.75, 3.05) is 25.6 Å². The Hall–Kier alpha value is -2.77. The number of methoxy groups -OCH3 is 1. The molecule has 0 unspecified atom stereocenters. The van der Waals surface area contributed by atoms with Gasteiger partial charge in [-0.1, -0.05) is 32.6 Å². The van der Waals surface area contributed by atoms with Crippen LogP contribution in [0.25, 0.3) is 0 Å². The van der Waals surface area contributed by atoms with Crippen LogP contribution in [-0.2, 0) is 9.59 Å². The van der Waals surface area contributed by atoms with Crippen molar-refractivity contribution in [3.63, 3.8) is 0 Å². The quantitative estimate of drug-likeness (QED) is 0.514. The van der Waals surface area contributed by atoms with Gasteiger partial charge in [-0.15, -0.1) is 0 Å². The molecular formula is C21H29N3O5. The molecule has 0 aromatic heterocycles. The Morgan fingerprint density at radius 1 is 1.24 bits per heavy atom. The van der Waals surface area contributed by atoms with E-state index in [2.05, 4.69) is 17.6 Å². The fraction of sp³-hybridized carbons (Fsp3) is 0.571. The van der Waals surface area contributed by atoms with Gasteiger partial charge in [-0.05, 0) is 31.4 Å². The third-order valence-corrected chi connectivity index (χ3v) is 5.47. The Balaban J connectivity index is 1.68. The van der Waals surface area contributed by atoms with Gasteiger partial charge in [0.15, 0.2) is 0 Å². The maximum absolute atomic E-state index is 12.8. The van der Waals surface area contributed by atoms with Gasteiger partial charge in [0, 0.05) is 6.07 Å². The number of carbonyl (C=O) groups is 3. The molecule has 1 saturated carbocycles. The van der Waals surface area contributed by atoms with Gasteiger partial charge in [0.2, 0.25) is 5.91 Å². The summed E-state index contributed by atoms with van der Waals surface area (Å²) in [7, 11) is 1.54. The summed E-state index contributed by atoms with van der Waals surface area (Å²) in [6, 6.07) is 4.64. The number of anilines is 1. The van der Waals surface area contributed by atoms with Crippen molar-refractivity contribution in [2.24, 2.45) is 0 Å². The lowest BCUT2D eigenvalue weighted by Crippen LogP contribution is -2.48. The highest BCUT2D eigenvalue weighted by Gasteiger charge is 2.51. The zero-order valence-electron chi connectivity index (χ0n) is 17.1. The van der Waals surface area contributed by atoms with Gasteiger partial charge in [-0.25, -0.2) is 4.79 Å². The van der Waals surface area contributed by atoms with Crippen LogP contribution in [0, 0.1) is 0 Å². The number of benzene rings is 1. The molecule has 1 heterocycles. The van der Waals surface area contributed by atoms with Gasteiger partial charge >= 0.3 is 6.03 Å². The minimum absolute atomic E-state index is 0.303. The summed E-state index contributed by atoms with van der Waals surface area (Å²) >= 11 is 0. The number of imide groups is 1. The van der Waals surface area contributed by atoms with Crippen LogP contribution in [0.5, 0.6) is 11.5 Å². The zero-order valence-corrected chi connectivity index (χ0v) is 17.1. The van der Waals surface area contributed by atoms with Crippen molar-refractivity contribution in [2.45, 2.75) is 57.4 Å². The molecule has 4 amide bonds. The van der Waals surface area contributed by atoms with Crippen molar-refractivity contribution in [1.82, 2.24) is 10.2 Å². The Labute approximate surface area is 170 Å². The fourth-order valence-electron chi connectivity index (χ4n) is 3.83. The molecule has 0 atom stereocenters. The predicted molar refractivity (Wildman–Crippen MR) is 108 cm³/mol. The first-order valence-corrected chi connectivity index (χ1v) is 10.2. The lowest BCUT2D eigenvalue weighted by molar-refractivity contribution is -0.134. The Morgan fingerprint density at radius 3 is 2.69 bits per heavy atom. The molecule has 2 fully saturated rings. The standard InChI is InChI=1S/C21H29N3O5/c1-3-4-12-29-17-9-8-15(28-2)13-16(17)22-18(25)14-24-19(26)21(23-20(24)27)10-6-5-7-11-21/h8-9,13H,3-7,10-12,14H2,1-2H3,(H,22,25)(H,23,27). The predicted octanol–water partition coefficient (Wildman–Crippen LogP) is 3.07. The first-order chi connectivity index (χ1) is 14.0. The van der Waals surface area contributed by atoms with Crippen molar-refractivity contribution in [3.8, 4) is 11.5 Å². The number of carbonyl (C=O) groups excluding carboxylic acids is 3. The average molecular weight is 403 g/mol. The topological polar surface area (TPSA) is 97.0 Å². The van der Waals surface area contributed by atoms with E-state index in [0.717, 1.165) is 37.0 Å². The van der Waals surface area contributed by atoms with Gasteiger partial charge in [-0.3, -0.25) is 14.5 Å². The van der Waals surface area contributed by atoms with Crippen molar-refractivity contribution >= 4 is 23.5 Å². The van der Waals surface area contributed by atoms with E-state index in [4.69, 9.17) is 9.47 Å². The van der Waals surface area contributed by atoms with Gasteiger partial charge in [0.1, 0.15) is 23.6 Å². The summed E-state index contributed by atoms with van der Waals surface area (Å²) < 4.78 is 11.0. The van der Waals surface area contributed by atoms with Crippen LogP contribution in [-0.4, -0.2) is 48.5 Å². The van der Waals surface area contributed by atoms with Crippen LogP contribution < -0.4 is 20.1 Å². The lowest BCUT2D eigenvalue weighted by atomic mass is 9.82. The van der Waals surface area contributed by atoms with Gasteiger partial charge in [0.25, 0.3) is 5.91 Å². The molecule has 2 aliphatic rings. The van der Waals surface area contributed by atoms with Crippen LogP contribution >= 0.6 is 0 Å². The van der Waals surface area contributed by atoms with Crippen molar-refractivity contribution in [1.29, 1.82) is 0 Å². The third kappa shape index (κ3) is 4.63. The van der Waals surface area contributed by atoms with Gasteiger partial charge < -0.3 is 20.1 Å². The number of unbranched alkanes of at least 4 members (excludes halogenated alkanes) is 1. The maximum Gasteiger partial charge on any atom is 0.325 e. The summed E-state index contributed by atoms with van der Waals surface area (Å²) in [4.78, 5) is 38.8. The van der Waals surface area contributed by atoms with E-state index in [-0.39, 0.29) is 12.5 Å². The molecule has 2 N–H and O–H groups in total. The summed E-state index contributed by atoms with van der Waals surface area (Å²) in [6.07, 6.45) is 5.99. The highest BCUT2D eigenvalue weighted by atomic mass is 16.5. The zero-order chi connectivity index (χ0) is 20.9. The summed E-state index contributed by atoms with van der Waals surface area (Å²) in [5, 5.41) is 5.57. The van der Waals surface area contributed by atoms with Crippen molar-refractivity contribution in [3.05, 3.63) is 18.2 Å². The molecule has 1 spiro atoms. The molecular weight excluding hydrogens is 374 g/mol. The average Bonchev–Trinajstić information content (AvgIpc) is 2.93. The Morgan fingerprint density at radius 2 is 2.00 bits per heavy atom. The second-order valence-electron chi connectivity index (χ2n) is 7.58. The first-order valence-electron chi connectivity index (χ1n) is 10.2. The van der Waals surface area contributed by atoms with E-state index in [1.807, 2.05) is 0 Å². The maximum atomic E-state index is 12.8. The lowest BCUT2D eigenvalue weighted by Gasteiger charge is -2.30. The van der Waals surface area contributed by atoms with Crippen LogP contribution in [0.2, 0.25) is 0 Å². The van der Waals surface area contributed by atoms with E-state index in [1.54, 1.807) is 18.2 Å². The molecule has 0 radical (unpaired) electrons. The van der Waals surface area contributed by atoms with E-state index in [1.165, 1.54) is 7.11 Å². The number of nitrogens with zero attached hydrogens (tertiary/aromatic N) is 1. The SMILES string of the molecule is CCCCOc1ccc(OC)cc1NC(=O)CN1C(=O)NC2(CCCCC2)C1=O. The smallest absolute Gasteiger partial charge is 0.325 e. The number of urea groups is 1. The molecule has 1 aromatic rings. The molecule has 1 aromatic carbocycles. The third-order valence-electron chi connectivity index (χ3n) is 5.47. The second-order valence-corrected chi connectivity index (χ2v) is 7.58. The molecule has 8 heteroatoms. The van der Waals surface area contributed by atoms with Crippen molar-refractivity contribution < 1.29 is 23.9 Å². The van der Waals surface area contributed by atoms with E-state index < -0.39 is 17.5 Å². The molecule has 1 aliphatic carbocycles. The molecule has 1 saturated heterocycles. The van der Waals surface area contributed by atoms with E-state index in [9.17, 15) is 14.4 Å². The van der Waals surface area contributed by atoms with Crippen LogP contribution in [0.15, 0.2) is 18.2 Å². The summed E-state index contributed by atoms with van der Waals surface area (Å²) in [6.45, 7) is 2.26. The summed E-state index contributed by atoms with van der Waals surface area (Å²) in [5.74, 6) is 0.324. The number of hydrogen-bond donors (Lipinski definition) is 2. The highest BCUT2D eigenvalue weighted by Crippen LogP contribution is 2.34. The minimum Gasteiger partial charge on any atom is -0.497 e. The number of amides is 4. The Bertz CT molecular complexity index is 774. The van der Waals surface area contributed by atoms with Crippen LogP contribution in [0.1, 0.15) is 51.9 Å². The monoisotopic (exact) mass is 403 g/mol. The normalized spacial score (nSPS) is 17.9. The molecule has 29 heavy (non-hydrogen) atoms. The summed E-state index contributed by atoms with van der Waals surface area (Å²) in [5.41, 5.74) is -0.384.